The van der Waals surface area contributed by atoms with Gasteiger partial charge in [-0.1, -0.05) is 25.4 Å². The van der Waals surface area contributed by atoms with Gasteiger partial charge in [0, 0.05) is 24.8 Å². The van der Waals surface area contributed by atoms with E-state index in [-0.39, 0.29) is 16.6 Å². The van der Waals surface area contributed by atoms with Crippen molar-refractivity contribution >= 4 is 29.0 Å². The Morgan fingerprint density at radius 1 is 1.20 bits per heavy atom. The van der Waals surface area contributed by atoms with E-state index in [1.54, 1.807) is 13.0 Å². The predicted octanol–water partition coefficient (Wildman–Crippen LogP) is 4.46. The third kappa shape index (κ3) is 5.13. The summed E-state index contributed by atoms with van der Waals surface area (Å²) in [5.41, 5.74) is 0.674. The quantitative estimate of drug-likeness (QED) is 0.788. The number of hydrogen-bond donors (Lipinski definition) is 1. The van der Waals surface area contributed by atoms with Crippen LogP contribution in [0.3, 0.4) is 0 Å². The normalized spacial score (nSPS) is 10.6. The summed E-state index contributed by atoms with van der Waals surface area (Å²) in [6.07, 6.45) is 1.97. The molecule has 0 fully saturated rings. The van der Waals surface area contributed by atoms with E-state index in [1.165, 1.54) is 18.2 Å². The first-order valence-corrected chi connectivity index (χ1v) is 8.69. The molecule has 1 N–H and O–H groups in total. The van der Waals surface area contributed by atoms with Gasteiger partial charge in [0.15, 0.2) is 0 Å². The maximum Gasteiger partial charge on any atom is 0.274 e. The summed E-state index contributed by atoms with van der Waals surface area (Å²) in [6.45, 7) is 7.67. The van der Waals surface area contributed by atoms with Gasteiger partial charge in [-0.2, -0.15) is 0 Å². The Kier molecular flexibility index (Phi) is 6.70. The largest absolute Gasteiger partial charge is 0.357 e. The molecule has 134 valence electrons. The van der Waals surface area contributed by atoms with E-state index in [0.29, 0.717) is 11.5 Å². The van der Waals surface area contributed by atoms with E-state index in [2.05, 4.69) is 34.0 Å². The van der Waals surface area contributed by atoms with Crippen molar-refractivity contribution in [2.75, 3.05) is 23.3 Å². The Balaban J connectivity index is 2.25. The molecule has 0 saturated carbocycles. The molecule has 1 amide bonds. The minimum atomic E-state index is -0.533. The molecule has 0 saturated heterocycles. The van der Waals surface area contributed by atoms with Gasteiger partial charge < -0.3 is 10.2 Å². The summed E-state index contributed by atoms with van der Waals surface area (Å²) < 4.78 is 13.2. The van der Waals surface area contributed by atoms with Crippen molar-refractivity contribution in [3.63, 3.8) is 0 Å². The van der Waals surface area contributed by atoms with E-state index in [0.717, 1.165) is 31.7 Å². The van der Waals surface area contributed by atoms with Crippen LogP contribution in [0.1, 0.15) is 43.0 Å². The Morgan fingerprint density at radius 2 is 1.88 bits per heavy atom. The first kappa shape index (κ1) is 19.1. The highest BCUT2D eigenvalue weighted by molar-refractivity contribution is 6.31. The van der Waals surface area contributed by atoms with E-state index >= 15 is 0 Å². The highest BCUT2D eigenvalue weighted by Crippen LogP contribution is 2.20. The van der Waals surface area contributed by atoms with Crippen LogP contribution in [0.15, 0.2) is 24.3 Å². The van der Waals surface area contributed by atoms with Crippen LogP contribution in [0.2, 0.25) is 5.02 Å². The highest BCUT2D eigenvalue weighted by atomic mass is 35.5. The molecular formula is C18H22ClFN4O. The lowest BCUT2D eigenvalue weighted by atomic mass is 10.2. The SMILES string of the molecule is CCCN(CCC)c1cc(C(=O)Nc2ccc(F)c(Cl)c2)nc(C)n1. The van der Waals surface area contributed by atoms with Gasteiger partial charge >= 0.3 is 0 Å². The third-order valence-corrected chi connectivity index (χ3v) is 3.84. The number of halogens is 2. The van der Waals surface area contributed by atoms with Crippen molar-refractivity contribution in [2.45, 2.75) is 33.6 Å². The van der Waals surface area contributed by atoms with Crippen molar-refractivity contribution in [1.29, 1.82) is 0 Å². The molecule has 1 heterocycles. The van der Waals surface area contributed by atoms with E-state index in [4.69, 9.17) is 11.6 Å². The molecule has 0 radical (unpaired) electrons. The van der Waals surface area contributed by atoms with Crippen LogP contribution >= 0.6 is 11.6 Å². The molecule has 0 unspecified atom stereocenters. The summed E-state index contributed by atoms with van der Waals surface area (Å²) >= 11 is 5.75. The number of carbonyl (C=O) groups is 1. The first-order chi connectivity index (χ1) is 11.9. The second-order valence-electron chi connectivity index (χ2n) is 5.73. The van der Waals surface area contributed by atoms with Gasteiger partial charge in [-0.25, -0.2) is 14.4 Å². The lowest BCUT2D eigenvalue weighted by Crippen LogP contribution is -2.27. The van der Waals surface area contributed by atoms with Gasteiger partial charge in [-0.05, 0) is 38.0 Å². The maximum absolute atomic E-state index is 13.2. The fourth-order valence-corrected chi connectivity index (χ4v) is 2.66. The standard InChI is InChI=1S/C18H22ClFN4O/c1-4-8-24(9-5-2)17-11-16(21-12(3)22-17)18(25)23-13-6-7-15(20)14(19)10-13/h6-7,10-11H,4-5,8-9H2,1-3H3,(H,23,25). The number of benzene rings is 1. The van der Waals surface area contributed by atoms with Gasteiger partial charge in [-0.3, -0.25) is 4.79 Å². The third-order valence-electron chi connectivity index (χ3n) is 3.55. The average Bonchev–Trinajstić information content (AvgIpc) is 2.57. The zero-order chi connectivity index (χ0) is 18.4. The smallest absolute Gasteiger partial charge is 0.274 e. The minimum absolute atomic E-state index is 0.0468. The lowest BCUT2D eigenvalue weighted by Gasteiger charge is -2.23. The Labute approximate surface area is 152 Å². The summed E-state index contributed by atoms with van der Waals surface area (Å²) in [5.74, 6) is 0.340. The predicted molar refractivity (Wildman–Crippen MR) is 98.9 cm³/mol. The average molecular weight is 365 g/mol. The molecule has 7 heteroatoms. The van der Waals surface area contributed by atoms with Crippen LogP contribution < -0.4 is 10.2 Å². The Morgan fingerprint density at radius 3 is 2.48 bits per heavy atom. The Hall–Kier alpha value is -2.21. The first-order valence-electron chi connectivity index (χ1n) is 8.31. The lowest BCUT2D eigenvalue weighted by molar-refractivity contribution is 0.102. The van der Waals surface area contributed by atoms with Gasteiger partial charge in [-0.15, -0.1) is 0 Å². The molecule has 0 aliphatic heterocycles. The van der Waals surface area contributed by atoms with Crippen LogP contribution in [-0.4, -0.2) is 29.0 Å². The summed E-state index contributed by atoms with van der Waals surface area (Å²) in [5, 5.41) is 2.64. The minimum Gasteiger partial charge on any atom is -0.357 e. The molecule has 0 aliphatic carbocycles. The number of nitrogens with zero attached hydrogens (tertiary/aromatic N) is 3. The zero-order valence-corrected chi connectivity index (χ0v) is 15.4. The number of aromatic nitrogens is 2. The molecule has 0 atom stereocenters. The summed E-state index contributed by atoms with van der Waals surface area (Å²) in [7, 11) is 0. The monoisotopic (exact) mass is 364 g/mol. The molecule has 0 aliphatic rings. The van der Waals surface area contributed by atoms with Gasteiger partial charge in [0.05, 0.1) is 5.02 Å². The molecule has 0 bridgehead atoms. The zero-order valence-electron chi connectivity index (χ0n) is 14.6. The number of anilines is 2. The van der Waals surface area contributed by atoms with Crippen molar-refractivity contribution < 1.29 is 9.18 Å². The van der Waals surface area contributed by atoms with Crippen LogP contribution in [0.5, 0.6) is 0 Å². The second-order valence-corrected chi connectivity index (χ2v) is 6.14. The van der Waals surface area contributed by atoms with Crippen molar-refractivity contribution in [2.24, 2.45) is 0 Å². The summed E-state index contributed by atoms with van der Waals surface area (Å²) in [6, 6.07) is 5.70. The number of amides is 1. The molecule has 2 rings (SSSR count). The van der Waals surface area contributed by atoms with E-state index in [1.807, 2.05) is 0 Å². The number of nitrogens with one attached hydrogen (secondary N) is 1. The molecule has 5 nitrogen and oxygen atoms in total. The highest BCUT2D eigenvalue weighted by Gasteiger charge is 2.15. The number of hydrogen-bond acceptors (Lipinski definition) is 4. The maximum atomic E-state index is 13.2. The second kappa shape index (κ2) is 8.76. The number of carbonyl (C=O) groups excluding carboxylic acids is 1. The van der Waals surface area contributed by atoms with Gasteiger partial charge in [0.25, 0.3) is 5.91 Å². The molecular weight excluding hydrogens is 343 g/mol. The van der Waals surface area contributed by atoms with Crippen molar-refractivity contribution in [3.8, 4) is 0 Å². The molecule has 1 aromatic carbocycles. The summed E-state index contributed by atoms with van der Waals surface area (Å²) in [4.78, 5) is 23.3. The van der Waals surface area contributed by atoms with E-state index in [9.17, 15) is 9.18 Å². The van der Waals surface area contributed by atoms with Crippen molar-refractivity contribution in [3.05, 3.63) is 46.6 Å². The van der Waals surface area contributed by atoms with Gasteiger partial charge in [0.2, 0.25) is 0 Å². The topological polar surface area (TPSA) is 58.1 Å². The fourth-order valence-electron chi connectivity index (χ4n) is 2.48. The van der Waals surface area contributed by atoms with Crippen LogP contribution in [-0.2, 0) is 0 Å². The number of rotatable bonds is 7. The van der Waals surface area contributed by atoms with Crippen LogP contribution in [0.25, 0.3) is 0 Å². The van der Waals surface area contributed by atoms with Crippen molar-refractivity contribution in [1.82, 2.24) is 9.97 Å². The molecule has 25 heavy (non-hydrogen) atoms. The van der Waals surface area contributed by atoms with Crippen LogP contribution in [0.4, 0.5) is 15.9 Å². The van der Waals surface area contributed by atoms with E-state index < -0.39 is 5.82 Å². The van der Waals surface area contributed by atoms with Gasteiger partial charge in [0.1, 0.15) is 23.2 Å². The van der Waals surface area contributed by atoms with Crippen LogP contribution in [0, 0.1) is 12.7 Å². The fraction of sp³-hybridized carbons (Fsp3) is 0.389. The molecule has 1 aromatic heterocycles. The molecule has 2 aromatic rings. The Bertz CT molecular complexity index is 748. The number of aryl methyl sites for hydroxylation is 1. The molecule has 0 spiro atoms.